The van der Waals surface area contributed by atoms with E-state index in [1.807, 2.05) is 6.07 Å². The number of para-hydroxylation sites is 1. The van der Waals surface area contributed by atoms with Crippen LogP contribution in [0.25, 0.3) is 0 Å². The van der Waals surface area contributed by atoms with Crippen molar-refractivity contribution in [3.63, 3.8) is 0 Å². The zero-order chi connectivity index (χ0) is 13.0. The second-order valence-electron chi connectivity index (χ2n) is 4.40. The van der Waals surface area contributed by atoms with Crippen LogP contribution in [0, 0.1) is 0 Å². The Balaban J connectivity index is 2.21. The standard InChI is InChI=1S/C16H18BrN/c1-3-13-8-4-7-11-16(13)18-12(2)14-9-5-6-10-15(14)17/h4-12,18H,3H2,1-2H3. The molecule has 0 spiro atoms. The van der Waals surface area contributed by atoms with Gasteiger partial charge in [-0.15, -0.1) is 0 Å². The summed E-state index contributed by atoms with van der Waals surface area (Å²) in [5.74, 6) is 0. The van der Waals surface area contributed by atoms with Crippen molar-refractivity contribution in [3.8, 4) is 0 Å². The summed E-state index contributed by atoms with van der Waals surface area (Å²) < 4.78 is 1.15. The van der Waals surface area contributed by atoms with Crippen molar-refractivity contribution in [2.45, 2.75) is 26.3 Å². The molecule has 1 unspecified atom stereocenters. The molecular weight excluding hydrogens is 286 g/mol. The minimum absolute atomic E-state index is 0.285. The zero-order valence-corrected chi connectivity index (χ0v) is 12.4. The Kier molecular flexibility index (Phi) is 4.43. The molecule has 0 radical (unpaired) electrons. The molecule has 2 aromatic carbocycles. The van der Waals surface area contributed by atoms with Gasteiger partial charge in [-0.1, -0.05) is 59.3 Å². The number of nitrogens with one attached hydrogen (secondary N) is 1. The Morgan fingerprint density at radius 3 is 2.44 bits per heavy atom. The lowest BCUT2D eigenvalue weighted by molar-refractivity contribution is 0.874. The largest absolute Gasteiger partial charge is 0.378 e. The van der Waals surface area contributed by atoms with E-state index in [0.29, 0.717) is 0 Å². The lowest BCUT2D eigenvalue weighted by atomic mass is 10.1. The minimum Gasteiger partial charge on any atom is -0.378 e. The van der Waals surface area contributed by atoms with Crippen molar-refractivity contribution in [3.05, 3.63) is 64.1 Å². The van der Waals surface area contributed by atoms with Crippen LogP contribution >= 0.6 is 15.9 Å². The lowest BCUT2D eigenvalue weighted by Gasteiger charge is -2.19. The molecule has 1 atom stereocenters. The van der Waals surface area contributed by atoms with Crippen LogP contribution in [0.5, 0.6) is 0 Å². The van der Waals surface area contributed by atoms with Gasteiger partial charge in [0.25, 0.3) is 0 Å². The summed E-state index contributed by atoms with van der Waals surface area (Å²) in [6.45, 7) is 4.37. The van der Waals surface area contributed by atoms with Crippen LogP contribution in [0.2, 0.25) is 0 Å². The Morgan fingerprint density at radius 1 is 1.06 bits per heavy atom. The monoisotopic (exact) mass is 303 g/mol. The maximum Gasteiger partial charge on any atom is 0.0496 e. The van der Waals surface area contributed by atoms with Gasteiger partial charge in [0.15, 0.2) is 0 Å². The third-order valence-corrected chi connectivity index (χ3v) is 3.86. The highest BCUT2D eigenvalue weighted by Gasteiger charge is 2.09. The summed E-state index contributed by atoms with van der Waals surface area (Å²) in [5, 5.41) is 3.59. The number of hydrogen-bond donors (Lipinski definition) is 1. The molecular formula is C16H18BrN. The number of benzene rings is 2. The van der Waals surface area contributed by atoms with Gasteiger partial charge >= 0.3 is 0 Å². The number of hydrogen-bond acceptors (Lipinski definition) is 1. The van der Waals surface area contributed by atoms with E-state index in [1.54, 1.807) is 0 Å². The first kappa shape index (κ1) is 13.2. The molecule has 2 aromatic rings. The molecule has 2 heteroatoms. The first-order chi connectivity index (χ1) is 8.72. The Bertz CT molecular complexity index is 522. The van der Waals surface area contributed by atoms with E-state index in [9.17, 15) is 0 Å². The normalized spacial score (nSPS) is 12.2. The second kappa shape index (κ2) is 6.05. The van der Waals surface area contributed by atoms with Gasteiger partial charge in [0.1, 0.15) is 0 Å². The summed E-state index contributed by atoms with van der Waals surface area (Å²) in [6, 6.07) is 17.1. The van der Waals surface area contributed by atoms with Gasteiger partial charge < -0.3 is 5.32 Å². The first-order valence-corrected chi connectivity index (χ1v) is 7.10. The molecule has 0 aliphatic carbocycles. The minimum atomic E-state index is 0.285. The van der Waals surface area contributed by atoms with Crippen molar-refractivity contribution in [1.82, 2.24) is 0 Å². The second-order valence-corrected chi connectivity index (χ2v) is 5.25. The third-order valence-electron chi connectivity index (χ3n) is 3.14. The molecule has 0 bridgehead atoms. The zero-order valence-electron chi connectivity index (χ0n) is 10.8. The smallest absolute Gasteiger partial charge is 0.0496 e. The molecule has 2 rings (SSSR count). The van der Waals surface area contributed by atoms with Gasteiger partial charge in [-0.2, -0.15) is 0 Å². The maximum atomic E-state index is 3.61. The highest BCUT2D eigenvalue weighted by atomic mass is 79.9. The van der Waals surface area contributed by atoms with Gasteiger partial charge in [0.05, 0.1) is 0 Å². The van der Waals surface area contributed by atoms with Crippen LogP contribution in [-0.2, 0) is 6.42 Å². The van der Waals surface area contributed by atoms with E-state index in [2.05, 4.69) is 77.6 Å². The van der Waals surface area contributed by atoms with E-state index in [4.69, 9.17) is 0 Å². The van der Waals surface area contributed by atoms with Gasteiger partial charge in [0.2, 0.25) is 0 Å². The SMILES string of the molecule is CCc1ccccc1NC(C)c1ccccc1Br. The average molecular weight is 304 g/mol. The average Bonchev–Trinajstić information content (AvgIpc) is 2.39. The molecule has 0 saturated carbocycles. The molecule has 0 fully saturated rings. The van der Waals surface area contributed by atoms with Crippen molar-refractivity contribution in [2.24, 2.45) is 0 Å². The summed E-state index contributed by atoms with van der Waals surface area (Å²) >= 11 is 3.61. The van der Waals surface area contributed by atoms with Crippen molar-refractivity contribution < 1.29 is 0 Å². The van der Waals surface area contributed by atoms with Gasteiger partial charge in [-0.25, -0.2) is 0 Å². The first-order valence-electron chi connectivity index (χ1n) is 6.31. The maximum absolute atomic E-state index is 3.61. The summed E-state index contributed by atoms with van der Waals surface area (Å²) in [4.78, 5) is 0. The highest BCUT2D eigenvalue weighted by molar-refractivity contribution is 9.10. The predicted molar refractivity (Wildman–Crippen MR) is 82.0 cm³/mol. The molecule has 94 valence electrons. The molecule has 0 aliphatic heterocycles. The predicted octanol–water partition coefficient (Wildman–Crippen LogP) is 5.18. The van der Waals surface area contributed by atoms with Crippen LogP contribution in [0.4, 0.5) is 5.69 Å². The van der Waals surface area contributed by atoms with Crippen molar-refractivity contribution >= 4 is 21.6 Å². The molecule has 18 heavy (non-hydrogen) atoms. The fraction of sp³-hybridized carbons (Fsp3) is 0.250. The molecule has 0 aromatic heterocycles. The van der Waals surface area contributed by atoms with Crippen molar-refractivity contribution in [1.29, 1.82) is 0 Å². The van der Waals surface area contributed by atoms with Gasteiger partial charge in [-0.05, 0) is 36.6 Å². The van der Waals surface area contributed by atoms with E-state index >= 15 is 0 Å². The number of halogens is 1. The van der Waals surface area contributed by atoms with Crippen LogP contribution in [0.3, 0.4) is 0 Å². The summed E-state index contributed by atoms with van der Waals surface area (Å²) in [5.41, 5.74) is 3.86. The van der Waals surface area contributed by atoms with Crippen LogP contribution < -0.4 is 5.32 Å². The Labute approximate surface area is 117 Å². The van der Waals surface area contributed by atoms with Crippen LogP contribution in [0.15, 0.2) is 53.0 Å². The number of anilines is 1. The van der Waals surface area contributed by atoms with E-state index in [0.717, 1.165) is 10.9 Å². The van der Waals surface area contributed by atoms with Crippen LogP contribution in [0.1, 0.15) is 31.0 Å². The summed E-state index contributed by atoms with van der Waals surface area (Å²) in [6.07, 6.45) is 1.05. The van der Waals surface area contributed by atoms with E-state index in [1.165, 1.54) is 16.8 Å². The van der Waals surface area contributed by atoms with Gasteiger partial charge in [0, 0.05) is 16.2 Å². The Morgan fingerprint density at radius 2 is 1.72 bits per heavy atom. The summed E-state index contributed by atoms with van der Waals surface area (Å²) in [7, 11) is 0. The number of aryl methyl sites for hydroxylation is 1. The van der Waals surface area contributed by atoms with Gasteiger partial charge in [-0.3, -0.25) is 0 Å². The lowest BCUT2D eigenvalue weighted by Crippen LogP contribution is -2.08. The third kappa shape index (κ3) is 2.94. The molecule has 0 heterocycles. The quantitative estimate of drug-likeness (QED) is 0.820. The molecule has 1 nitrogen and oxygen atoms in total. The topological polar surface area (TPSA) is 12.0 Å². The van der Waals surface area contributed by atoms with E-state index in [-0.39, 0.29) is 6.04 Å². The fourth-order valence-electron chi connectivity index (χ4n) is 2.11. The fourth-order valence-corrected chi connectivity index (χ4v) is 2.73. The molecule has 1 N–H and O–H groups in total. The highest BCUT2D eigenvalue weighted by Crippen LogP contribution is 2.27. The van der Waals surface area contributed by atoms with Crippen molar-refractivity contribution in [2.75, 3.05) is 5.32 Å². The van der Waals surface area contributed by atoms with Crippen LogP contribution in [-0.4, -0.2) is 0 Å². The molecule has 0 aliphatic rings. The number of rotatable bonds is 4. The molecule has 0 amide bonds. The molecule has 0 saturated heterocycles. The Hall–Kier alpha value is -1.28. The van der Waals surface area contributed by atoms with E-state index < -0.39 is 0 Å².